The zero-order valence-electron chi connectivity index (χ0n) is 16.4. The molecule has 0 spiro atoms. The topological polar surface area (TPSA) is 112 Å². The average molecular weight is 398 g/mol. The largest absolute Gasteiger partial charge is 0.454 e. The van der Waals surface area contributed by atoms with E-state index in [9.17, 15) is 19.8 Å². The molecular weight excluding hydrogens is 368 g/mol. The third-order valence-corrected chi connectivity index (χ3v) is 3.02. The Bertz CT molecular complexity index is 488. The molecule has 0 aliphatic carbocycles. The smallest absolute Gasteiger partial charge is 0.331 e. The molecule has 0 fully saturated rings. The zero-order chi connectivity index (χ0) is 21.0. The van der Waals surface area contributed by atoms with E-state index in [1.807, 2.05) is 13.8 Å². The van der Waals surface area contributed by atoms with Crippen LogP contribution in [0.5, 0.6) is 0 Å². The van der Waals surface area contributed by atoms with Crippen LogP contribution in [-0.2, 0) is 28.5 Å². The molecule has 0 radical (unpaired) electrons. The van der Waals surface area contributed by atoms with Gasteiger partial charge in [0.2, 0.25) is 0 Å². The lowest BCUT2D eigenvalue weighted by atomic mass is 10.4. The summed E-state index contributed by atoms with van der Waals surface area (Å²) in [6.07, 6.45) is 10.9. The van der Waals surface area contributed by atoms with Gasteiger partial charge >= 0.3 is 11.9 Å². The molecule has 158 valence electrons. The Morgan fingerprint density at radius 3 is 1.46 bits per heavy atom. The van der Waals surface area contributed by atoms with Crippen molar-refractivity contribution >= 4 is 11.9 Å². The minimum Gasteiger partial charge on any atom is -0.454 e. The molecule has 0 saturated carbocycles. The maximum atomic E-state index is 11.5. The lowest BCUT2D eigenvalue weighted by molar-refractivity contribution is -0.151. The van der Waals surface area contributed by atoms with E-state index in [2.05, 4.69) is 0 Å². The number of carbonyl (C=O) groups is 2. The molecule has 0 aliphatic heterocycles. The molecule has 8 heteroatoms. The number of aliphatic hydroxyl groups is 2. The number of esters is 2. The van der Waals surface area contributed by atoms with Crippen LogP contribution in [0.2, 0.25) is 0 Å². The van der Waals surface area contributed by atoms with Gasteiger partial charge in [-0.15, -0.1) is 0 Å². The summed E-state index contributed by atoms with van der Waals surface area (Å²) < 4.78 is 20.6. The second-order valence-corrected chi connectivity index (χ2v) is 5.40. The number of carbonyl (C=O) groups excluding carboxylic acids is 2. The van der Waals surface area contributed by atoms with Crippen LogP contribution in [0.25, 0.3) is 0 Å². The second-order valence-electron chi connectivity index (χ2n) is 5.40. The molecule has 0 rings (SSSR count). The first-order chi connectivity index (χ1) is 13.6. The summed E-state index contributed by atoms with van der Waals surface area (Å²) in [5.41, 5.74) is 0. The number of rotatable bonds is 15. The summed E-state index contributed by atoms with van der Waals surface area (Å²) in [5, 5.41) is 18.4. The standard InChI is InChI=1S/C20H30O8/c1-3-5-7-9-19(23)27-17(13-21)15-25-11-12-26-16-18(14-22)28-20(24)10-8-6-4-2/h3-10,17-18,21-22H,11-16H2,1-2H3/b5-3+,6-4+,9-7+,10-8+. The molecular formula is C20H30O8. The molecule has 8 nitrogen and oxygen atoms in total. The summed E-state index contributed by atoms with van der Waals surface area (Å²) in [6, 6.07) is 0. The van der Waals surface area contributed by atoms with Crippen LogP contribution in [0.3, 0.4) is 0 Å². The molecule has 0 aromatic heterocycles. The van der Waals surface area contributed by atoms with E-state index in [1.54, 1.807) is 24.3 Å². The summed E-state index contributed by atoms with van der Waals surface area (Å²) in [4.78, 5) is 23.0. The Morgan fingerprint density at radius 2 is 1.14 bits per heavy atom. The molecule has 2 N–H and O–H groups in total. The molecule has 0 heterocycles. The minimum atomic E-state index is -0.780. The second kappa shape index (κ2) is 18.1. The van der Waals surface area contributed by atoms with Crippen molar-refractivity contribution in [2.75, 3.05) is 39.6 Å². The van der Waals surface area contributed by atoms with Crippen molar-refractivity contribution in [2.24, 2.45) is 0 Å². The molecule has 0 aliphatic rings. The highest BCUT2D eigenvalue weighted by molar-refractivity contribution is 5.82. The number of allylic oxidation sites excluding steroid dienone is 6. The van der Waals surface area contributed by atoms with E-state index in [0.717, 1.165) is 0 Å². The van der Waals surface area contributed by atoms with Gasteiger partial charge in [-0.25, -0.2) is 9.59 Å². The van der Waals surface area contributed by atoms with Crippen LogP contribution in [0.1, 0.15) is 13.8 Å². The first kappa shape index (κ1) is 25.7. The van der Waals surface area contributed by atoms with E-state index in [0.29, 0.717) is 0 Å². The fourth-order valence-electron chi connectivity index (χ4n) is 1.69. The molecule has 2 atom stereocenters. The Hall–Kier alpha value is -2.26. The predicted molar refractivity (Wildman–Crippen MR) is 103 cm³/mol. The third kappa shape index (κ3) is 14.9. The number of aliphatic hydroxyl groups excluding tert-OH is 2. The van der Waals surface area contributed by atoms with Crippen LogP contribution >= 0.6 is 0 Å². The highest BCUT2D eigenvalue weighted by Crippen LogP contribution is 1.98. The number of hydrogen-bond donors (Lipinski definition) is 2. The van der Waals surface area contributed by atoms with Gasteiger partial charge in [0.1, 0.15) is 12.2 Å². The lowest BCUT2D eigenvalue weighted by Crippen LogP contribution is -2.29. The average Bonchev–Trinajstić information content (AvgIpc) is 2.69. The predicted octanol–water partition coefficient (Wildman–Crippen LogP) is 1.09. The van der Waals surface area contributed by atoms with Gasteiger partial charge in [-0.1, -0.05) is 36.5 Å². The summed E-state index contributed by atoms with van der Waals surface area (Å²) in [5.74, 6) is -1.15. The van der Waals surface area contributed by atoms with E-state index < -0.39 is 24.1 Å². The van der Waals surface area contributed by atoms with E-state index in [-0.39, 0.29) is 39.6 Å². The maximum absolute atomic E-state index is 11.5. The highest BCUT2D eigenvalue weighted by atomic mass is 16.6. The summed E-state index contributed by atoms with van der Waals surface area (Å²) in [6.45, 7) is 3.27. The van der Waals surface area contributed by atoms with Crippen molar-refractivity contribution in [3.05, 3.63) is 48.6 Å². The van der Waals surface area contributed by atoms with Gasteiger partial charge in [-0.05, 0) is 13.8 Å². The quantitative estimate of drug-likeness (QED) is 0.183. The van der Waals surface area contributed by atoms with Crippen LogP contribution in [0.4, 0.5) is 0 Å². The Kier molecular flexibility index (Phi) is 16.7. The normalized spacial score (nSPS) is 14.3. The van der Waals surface area contributed by atoms with Crippen molar-refractivity contribution in [3.63, 3.8) is 0 Å². The van der Waals surface area contributed by atoms with Gasteiger partial charge in [0, 0.05) is 12.2 Å². The Labute approximate surface area is 165 Å². The van der Waals surface area contributed by atoms with Gasteiger partial charge in [0.25, 0.3) is 0 Å². The van der Waals surface area contributed by atoms with Crippen LogP contribution in [0.15, 0.2) is 48.6 Å². The number of ether oxygens (including phenoxy) is 4. The van der Waals surface area contributed by atoms with Gasteiger partial charge in [-0.2, -0.15) is 0 Å². The molecule has 0 bridgehead atoms. The third-order valence-electron chi connectivity index (χ3n) is 3.02. The minimum absolute atomic E-state index is 0.0111. The van der Waals surface area contributed by atoms with E-state index in [4.69, 9.17) is 18.9 Å². The molecule has 0 saturated heterocycles. The van der Waals surface area contributed by atoms with E-state index in [1.165, 1.54) is 24.3 Å². The Morgan fingerprint density at radius 1 is 0.750 bits per heavy atom. The number of hydrogen-bond acceptors (Lipinski definition) is 8. The first-order valence-electron chi connectivity index (χ1n) is 8.94. The first-order valence-corrected chi connectivity index (χ1v) is 8.94. The van der Waals surface area contributed by atoms with E-state index >= 15 is 0 Å². The fourth-order valence-corrected chi connectivity index (χ4v) is 1.69. The van der Waals surface area contributed by atoms with Gasteiger partial charge < -0.3 is 29.2 Å². The lowest BCUT2D eigenvalue weighted by Gasteiger charge is -2.16. The SMILES string of the molecule is C/C=C/C=C/C(=O)OC(CO)COCCOCC(CO)OC(=O)/C=C/C=C/C. The molecule has 0 aromatic rings. The fraction of sp³-hybridized carbons (Fsp3) is 0.500. The van der Waals surface area contributed by atoms with Crippen molar-refractivity contribution in [1.29, 1.82) is 0 Å². The van der Waals surface area contributed by atoms with Crippen LogP contribution < -0.4 is 0 Å². The molecule has 0 amide bonds. The summed E-state index contributed by atoms with van der Waals surface area (Å²) >= 11 is 0. The van der Waals surface area contributed by atoms with Crippen molar-refractivity contribution in [2.45, 2.75) is 26.1 Å². The van der Waals surface area contributed by atoms with Crippen molar-refractivity contribution in [1.82, 2.24) is 0 Å². The van der Waals surface area contributed by atoms with Gasteiger partial charge in [0.15, 0.2) is 0 Å². The van der Waals surface area contributed by atoms with Crippen molar-refractivity contribution in [3.8, 4) is 0 Å². The zero-order valence-corrected chi connectivity index (χ0v) is 16.4. The molecule has 0 aromatic carbocycles. The maximum Gasteiger partial charge on any atom is 0.331 e. The monoisotopic (exact) mass is 398 g/mol. The Balaban J connectivity index is 3.97. The van der Waals surface area contributed by atoms with Gasteiger partial charge in [-0.3, -0.25) is 0 Å². The molecule has 28 heavy (non-hydrogen) atoms. The van der Waals surface area contributed by atoms with Crippen LogP contribution in [-0.4, -0.2) is 74.0 Å². The summed E-state index contributed by atoms with van der Waals surface area (Å²) in [7, 11) is 0. The van der Waals surface area contributed by atoms with Gasteiger partial charge in [0.05, 0.1) is 39.6 Å². The van der Waals surface area contributed by atoms with Crippen molar-refractivity contribution < 1.29 is 38.7 Å². The highest BCUT2D eigenvalue weighted by Gasteiger charge is 2.13. The van der Waals surface area contributed by atoms with Crippen LogP contribution in [0, 0.1) is 0 Å². The molecule has 2 unspecified atom stereocenters.